The van der Waals surface area contributed by atoms with E-state index < -0.39 is 5.82 Å². The van der Waals surface area contributed by atoms with Crippen molar-refractivity contribution >= 4 is 11.6 Å². The van der Waals surface area contributed by atoms with Gasteiger partial charge in [-0.05, 0) is 18.2 Å². The second kappa shape index (κ2) is 5.31. The summed E-state index contributed by atoms with van der Waals surface area (Å²) < 4.78 is 25.5. The standard InChI is InChI=1S/C15H13ClFNO2/c16-11-4-2-5-12(17)14(11)10-3-1-6-13-15(10)20-9(7-18)8-19-13/h1-6,9H,7-8,18H2/t9-/m0/s1. The second-order valence-corrected chi connectivity index (χ2v) is 4.92. The average molecular weight is 294 g/mol. The van der Waals surface area contributed by atoms with Crippen molar-refractivity contribution in [3.05, 3.63) is 47.2 Å². The van der Waals surface area contributed by atoms with E-state index in [9.17, 15) is 4.39 Å². The van der Waals surface area contributed by atoms with Gasteiger partial charge in [-0.15, -0.1) is 0 Å². The first-order chi connectivity index (χ1) is 9.70. The van der Waals surface area contributed by atoms with Crippen LogP contribution in [-0.2, 0) is 0 Å². The van der Waals surface area contributed by atoms with Crippen LogP contribution in [0.5, 0.6) is 11.5 Å². The van der Waals surface area contributed by atoms with Crippen LogP contribution in [0.25, 0.3) is 11.1 Å². The Labute approximate surface area is 121 Å². The van der Waals surface area contributed by atoms with Crippen LogP contribution in [0.15, 0.2) is 36.4 Å². The third-order valence-electron chi connectivity index (χ3n) is 3.18. The summed E-state index contributed by atoms with van der Waals surface area (Å²) in [6.45, 7) is 0.719. The van der Waals surface area contributed by atoms with Crippen LogP contribution in [-0.4, -0.2) is 19.3 Å². The van der Waals surface area contributed by atoms with Gasteiger partial charge in [-0.1, -0.05) is 29.8 Å². The number of halogens is 2. The number of hydrogen-bond donors (Lipinski definition) is 1. The molecule has 1 heterocycles. The van der Waals surface area contributed by atoms with Crippen LogP contribution in [0.4, 0.5) is 4.39 Å². The van der Waals surface area contributed by atoms with Gasteiger partial charge >= 0.3 is 0 Å². The molecule has 2 aromatic rings. The molecule has 0 saturated carbocycles. The van der Waals surface area contributed by atoms with E-state index in [2.05, 4.69) is 0 Å². The molecule has 20 heavy (non-hydrogen) atoms. The molecule has 5 heteroatoms. The molecule has 0 aromatic heterocycles. The fourth-order valence-electron chi connectivity index (χ4n) is 2.20. The second-order valence-electron chi connectivity index (χ2n) is 4.52. The number of ether oxygens (including phenoxy) is 2. The molecule has 104 valence electrons. The SMILES string of the molecule is NC[C@H]1COc2cccc(-c3c(F)cccc3Cl)c2O1. The summed E-state index contributed by atoms with van der Waals surface area (Å²) in [6.07, 6.45) is -0.241. The van der Waals surface area contributed by atoms with Gasteiger partial charge in [0.2, 0.25) is 0 Å². The molecular formula is C15H13ClFNO2. The lowest BCUT2D eigenvalue weighted by Crippen LogP contribution is -2.35. The zero-order valence-electron chi connectivity index (χ0n) is 10.6. The van der Waals surface area contributed by atoms with Crippen LogP contribution in [0.1, 0.15) is 0 Å². The van der Waals surface area contributed by atoms with E-state index in [1.54, 1.807) is 30.3 Å². The van der Waals surface area contributed by atoms with Crippen molar-refractivity contribution in [2.75, 3.05) is 13.2 Å². The number of nitrogens with two attached hydrogens (primary N) is 1. The summed E-state index contributed by atoms with van der Waals surface area (Å²) in [4.78, 5) is 0. The number of hydrogen-bond acceptors (Lipinski definition) is 3. The molecule has 1 atom stereocenters. The lowest BCUT2D eigenvalue weighted by molar-refractivity contribution is 0.0976. The number of para-hydroxylation sites is 1. The Kier molecular flexibility index (Phi) is 3.51. The van der Waals surface area contributed by atoms with Gasteiger partial charge in [-0.2, -0.15) is 0 Å². The highest BCUT2D eigenvalue weighted by atomic mass is 35.5. The highest BCUT2D eigenvalue weighted by Crippen LogP contribution is 2.43. The van der Waals surface area contributed by atoms with Gasteiger partial charge in [0, 0.05) is 17.7 Å². The lowest BCUT2D eigenvalue weighted by Gasteiger charge is -2.27. The van der Waals surface area contributed by atoms with E-state index in [0.29, 0.717) is 40.8 Å². The molecule has 3 nitrogen and oxygen atoms in total. The maximum atomic E-state index is 14.1. The van der Waals surface area contributed by atoms with Crippen molar-refractivity contribution in [2.45, 2.75) is 6.10 Å². The Bertz CT molecular complexity index is 628. The molecule has 0 bridgehead atoms. The fraction of sp³-hybridized carbons (Fsp3) is 0.200. The first-order valence-electron chi connectivity index (χ1n) is 6.27. The lowest BCUT2D eigenvalue weighted by atomic mass is 10.0. The molecule has 1 aliphatic heterocycles. The summed E-state index contributed by atoms with van der Waals surface area (Å²) >= 11 is 6.12. The molecule has 0 amide bonds. The highest BCUT2D eigenvalue weighted by Gasteiger charge is 2.25. The van der Waals surface area contributed by atoms with Crippen LogP contribution in [0, 0.1) is 5.82 Å². The van der Waals surface area contributed by atoms with Gasteiger partial charge in [-0.25, -0.2) is 4.39 Å². The van der Waals surface area contributed by atoms with Crippen LogP contribution in [0.3, 0.4) is 0 Å². The van der Waals surface area contributed by atoms with Crippen molar-refractivity contribution in [1.29, 1.82) is 0 Å². The molecule has 2 N–H and O–H groups in total. The summed E-state index contributed by atoms with van der Waals surface area (Å²) in [7, 11) is 0. The number of fused-ring (bicyclic) bond motifs is 1. The Balaban J connectivity index is 2.16. The minimum Gasteiger partial charge on any atom is -0.486 e. The van der Waals surface area contributed by atoms with E-state index in [0.717, 1.165) is 0 Å². The molecule has 0 radical (unpaired) electrons. The molecule has 0 unspecified atom stereocenters. The Morgan fingerprint density at radius 3 is 2.80 bits per heavy atom. The summed E-state index contributed by atoms with van der Waals surface area (Å²) in [5, 5.41) is 0.330. The van der Waals surface area contributed by atoms with Crippen LogP contribution < -0.4 is 15.2 Å². The minimum atomic E-state index is -0.399. The van der Waals surface area contributed by atoms with Gasteiger partial charge in [-0.3, -0.25) is 0 Å². The summed E-state index contributed by atoms with van der Waals surface area (Å²) in [6, 6.07) is 9.89. The monoisotopic (exact) mass is 293 g/mol. The zero-order chi connectivity index (χ0) is 14.1. The van der Waals surface area contributed by atoms with Crippen molar-refractivity contribution in [3.8, 4) is 22.6 Å². The minimum absolute atomic E-state index is 0.241. The molecule has 2 aromatic carbocycles. The van der Waals surface area contributed by atoms with Gasteiger partial charge in [0.05, 0.1) is 5.02 Å². The number of benzene rings is 2. The third-order valence-corrected chi connectivity index (χ3v) is 3.50. The van der Waals surface area contributed by atoms with Gasteiger partial charge in [0.1, 0.15) is 18.5 Å². The van der Waals surface area contributed by atoms with Crippen LogP contribution >= 0.6 is 11.6 Å². The fourth-order valence-corrected chi connectivity index (χ4v) is 2.47. The Morgan fingerprint density at radius 1 is 1.25 bits per heavy atom. The maximum absolute atomic E-state index is 14.1. The Morgan fingerprint density at radius 2 is 2.05 bits per heavy atom. The van der Waals surface area contributed by atoms with E-state index in [-0.39, 0.29) is 6.10 Å². The maximum Gasteiger partial charge on any atom is 0.169 e. The predicted molar refractivity (Wildman–Crippen MR) is 75.8 cm³/mol. The third kappa shape index (κ3) is 2.21. The molecule has 0 spiro atoms. The largest absolute Gasteiger partial charge is 0.486 e. The van der Waals surface area contributed by atoms with E-state index in [1.807, 2.05) is 0 Å². The predicted octanol–water partition coefficient (Wildman–Crippen LogP) is 3.24. The van der Waals surface area contributed by atoms with Gasteiger partial charge < -0.3 is 15.2 Å². The number of rotatable bonds is 2. The van der Waals surface area contributed by atoms with E-state index >= 15 is 0 Å². The van der Waals surface area contributed by atoms with E-state index in [1.165, 1.54) is 6.07 Å². The molecule has 0 fully saturated rings. The molecule has 0 saturated heterocycles. The first-order valence-corrected chi connectivity index (χ1v) is 6.65. The summed E-state index contributed by atoms with van der Waals surface area (Å²) in [5.74, 6) is 0.664. The molecular weight excluding hydrogens is 281 g/mol. The normalized spacial score (nSPS) is 17.1. The van der Waals surface area contributed by atoms with Crippen LogP contribution in [0.2, 0.25) is 5.02 Å². The molecule has 0 aliphatic carbocycles. The molecule has 3 rings (SSSR count). The average Bonchev–Trinajstić information content (AvgIpc) is 2.47. The molecule has 1 aliphatic rings. The summed E-state index contributed by atoms with van der Waals surface area (Å²) in [5.41, 5.74) is 6.49. The quantitative estimate of drug-likeness (QED) is 0.924. The van der Waals surface area contributed by atoms with Crippen molar-refractivity contribution in [2.24, 2.45) is 5.73 Å². The zero-order valence-corrected chi connectivity index (χ0v) is 11.4. The Hall–Kier alpha value is -1.78. The smallest absolute Gasteiger partial charge is 0.169 e. The van der Waals surface area contributed by atoms with Crippen molar-refractivity contribution in [1.82, 2.24) is 0 Å². The van der Waals surface area contributed by atoms with Crippen molar-refractivity contribution in [3.63, 3.8) is 0 Å². The highest BCUT2D eigenvalue weighted by molar-refractivity contribution is 6.33. The topological polar surface area (TPSA) is 44.5 Å². The van der Waals surface area contributed by atoms with E-state index in [4.69, 9.17) is 26.8 Å². The van der Waals surface area contributed by atoms with Gasteiger partial charge in [0.25, 0.3) is 0 Å². The van der Waals surface area contributed by atoms with Gasteiger partial charge in [0.15, 0.2) is 11.5 Å². The van der Waals surface area contributed by atoms with Crippen molar-refractivity contribution < 1.29 is 13.9 Å². The first kappa shape index (κ1) is 13.2.